The summed E-state index contributed by atoms with van der Waals surface area (Å²) in [7, 11) is 0. The summed E-state index contributed by atoms with van der Waals surface area (Å²) in [4.78, 5) is 13.5. The van der Waals surface area contributed by atoms with Gasteiger partial charge in [0, 0.05) is 11.8 Å². The molecule has 0 fully saturated rings. The molecule has 0 bridgehead atoms. The minimum Gasteiger partial charge on any atom is -0.486 e. The van der Waals surface area contributed by atoms with Crippen molar-refractivity contribution in [2.45, 2.75) is 17.3 Å². The number of rotatable bonds is 5. The smallest absolute Gasteiger partial charge is 0.237 e. The Morgan fingerprint density at radius 2 is 2.11 bits per heavy atom. The van der Waals surface area contributed by atoms with Gasteiger partial charge in [-0.05, 0) is 30.5 Å². The fourth-order valence-electron chi connectivity index (χ4n) is 2.51. The molecule has 3 N–H and O–H groups in total. The van der Waals surface area contributed by atoms with Gasteiger partial charge in [-0.2, -0.15) is 0 Å². The maximum absolute atomic E-state index is 12.5. The Balaban J connectivity index is 1.43. The maximum Gasteiger partial charge on any atom is 0.237 e. The molecule has 2 aromatic heterocycles. The lowest BCUT2D eigenvalue weighted by molar-refractivity contribution is -0.115. The van der Waals surface area contributed by atoms with E-state index in [0.29, 0.717) is 41.4 Å². The first-order valence-corrected chi connectivity index (χ1v) is 9.99. The lowest BCUT2D eigenvalue weighted by Gasteiger charge is -2.19. The van der Waals surface area contributed by atoms with E-state index in [4.69, 9.17) is 15.3 Å². The van der Waals surface area contributed by atoms with Gasteiger partial charge in [0.1, 0.15) is 13.2 Å². The largest absolute Gasteiger partial charge is 0.486 e. The third kappa shape index (κ3) is 3.71. The second kappa shape index (κ2) is 7.49. The van der Waals surface area contributed by atoms with E-state index in [-0.39, 0.29) is 5.91 Å². The molecule has 1 atom stereocenters. The number of anilines is 1. The number of fused-ring (bicyclic) bond motifs is 1. The average molecular weight is 403 g/mol. The summed E-state index contributed by atoms with van der Waals surface area (Å²) in [5.41, 5.74) is 0.644. The Labute approximate surface area is 163 Å². The number of nitrogen functional groups attached to an aromatic ring is 1. The van der Waals surface area contributed by atoms with Crippen LogP contribution in [0.3, 0.4) is 0 Å². The highest BCUT2D eigenvalue weighted by Gasteiger charge is 2.21. The quantitative estimate of drug-likeness (QED) is 0.498. The van der Waals surface area contributed by atoms with E-state index in [1.54, 1.807) is 25.1 Å². The number of aromatic nitrogens is 3. The molecule has 3 heterocycles. The van der Waals surface area contributed by atoms with Crippen molar-refractivity contribution in [3.05, 3.63) is 35.7 Å². The fourth-order valence-corrected chi connectivity index (χ4v) is 3.98. The summed E-state index contributed by atoms with van der Waals surface area (Å²) in [6.07, 6.45) is 0. The number of hydrogen-bond donors (Lipinski definition) is 2. The van der Waals surface area contributed by atoms with Crippen molar-refractivity contribution in [1.82, 2.24) is 14.9 Å². The standard InChI is InChI=1S/C17H17N5O3S2/c1-10(27-17-21-20-15(22(17)18)14-3-2-8-26-14)16(23)19-11-4-5-12-13(9-11)25-7-6-24-12/h2-5,8-10H,6-7,18H2,1H3,(H,19,23)/t10-/m0/s1. The number of ether oxygens (including phenoxy) is 2. The number of hydrogen-bond acceptors (Lipinski definition) is 8. The van der Waals surface area contributed by atoms with Crippen LogP contribution >= 0.6 is 23.1 Å². The van der Waals surface area contributed by atoms with Crippen molar-refractivity contribution in [3.63, 3.8) is 0 Å². The molecule has 0 saturated heterocycles. The predicted octanol–water partition coefficient (Wildman–Crippen LogP) is 2.61. The van der Waals surface area contributed by atoms with Crippen LogP contribution in [0.2, 0.25) is 0 Å². The Kier molecular flexibility index (Phi) is 4.90. The highest BCUT2D eigenvalue weighted by molar-refractivity contribution is 8.00. The van der Waals surface area contributed by atoms with Gasteiger partial charge in [-0.1, -0.05) is 17.8 Å². The number of nitrogens with one attached hydrogen (secondary N) is 1. The van der Waals surface area contributed by atoms with Crippen molar-refractivity contribution in [2.75, 3.05) is 24.4 Å². The van der Waals surface area contributed by atoms with Gasteiger partial charge < -0.3 is 20.6 Å². The molecule has 0 aliphatic carbocycles. The van der Waals surface area contributed by atoms with Crippen LogP contribution in [-0.4, -0.2) is 39.2 Å². The first-order valence-electron chi connectivity index (χ1n) is 8.23. The number of carbonyl (C=O) groups excluding carboxylic acids is 1. The van der Waals surface area contributed by atoms with Crippen LogP contribution in [0.25, 0.3) is 10.7 Å². The molecule has 1 aliphatic heterocycles. The summed E-state index contributed by atoms with van der Waals surface area (Å²) in [6, 6.07) is 9.16. The highest BCUT2D eigenvalue weighted by atomic mass is 32.2. The Morgan fingerprint density at radius 3 is 2.89 bits per heavy atom. The molecular weight excluding hydrogens is 386 g/mol. The molecule has 0 saturated carbocycles. The van der Waals surface area contributed by atoms with Crippen LogP contribution in [0, 0.1) is 0 Å². The molecule has 1 aliphatic rings. The minimum atomic E-state index is -0.416. The zero-order valence-electron chi connectivity index (χ0n) is 14.4. The van der Waals surface area contributed by atoms with Crippen LogP contribution < -0.4 is 20.6 Å². The van der Waals surface area contributed by atoms with Gasteiger partial charge in [0.15, 0.2) is 17.3 Å². The number of amides is 1. The first kappa shape index (κ1) is 17.7. The molecule has 27 heavy (non-hydrogen) atoms. The third-order valence-corrected chi connectivity index (χ3v) is 5.79. The molecule has 4 rings (SSSR count). The number of carbonyl (C=O) groups is 1. The van der Waals surface area contributed by atoms with Crippen molar-refractivity contribution in [3.8, 4) is 22.2 Å². The number of nitrogens with zero attached hydrogens (tertiary/aromatic N) is 3. The number of thiophene rings is 1. The minimum absolute atomic E-state index is 0.169. The lowest BCUT2D eigenvalue weighted by atomic mass is 10.2. The van der Waals surface area contributed by atoms with Crippen LogP contribution in [0.5, 0.6) is 11.5 Å². The van der Waals surface area contributed by atoms with Crippen molar-refractivity contribution >= 4 is 34.7 Å². The van der Waals surface area contributed by atoms with Gasteiger partial charge in [0.2, 0.25) is 11.1 Å². The van der Waals surface area contributed by atoms with Gasteiger partial charge in [-0.25, -0.2) is 4.68 Å². The predicted molar refractivity (Wildman–Crippen MR) is 105 cm³/mol. The van der Waals surface area contributed by atoms with Crippen molar-refractivity contribution < 1.29 is 14.3 Å². The Hall–Kier alpha value is -2.72. The number of thioether (sulfide) groups is 1. The SMILES string of the molecule is C[C@H](Sc1nnc(-c2cccs2)n1N)C(=O)Nc1ccc2c(c1)OCCO2. The lowest BCUT2D eigenvalue weighted by Crippen LogP contribution is -2.24. The normalized spacial score (nSPS) is 14.0. The van der Waals surface area contributed by atoms with E-state index >= 15 is 0 Å². The van der Waals surface area contributed by atoms with Gasteiger partial charge in [0.05, 0.1) is 10.1 Å². The molecule has 0 radical (unpaired) electrons. The van der Waals surface area contributed by atoms with E-state index in [1.807, 2.05) is 17.5 Å². The van der Waals surface area contributed by atoms with Crippen molar-refractivity contribution in [2.24, 2.45) is 0 Å². The van der Waals surface area contributed by atoms with E-state index in [1.165, 1.54) is 27.8 Å². The monoisotopic (exact) mass is 403 g/mol. The second-order valence-electron chi connectivity index (χ2n) is 5.76. The van der Waals surface area contributed by atoms with Gasteiger partial charge in [0.25, 0.3) is 0 Å². The third-order valence-electron chi connectivity index (χ3n) is 3.87. The molecule has 1 aromatic carbocycles. The van der Waals surface area contributed by atoms with Crippen LogP contribution in [0.4, 0.5) is 5.69 Å². The average Bonchev–Trinajstić information content (AvgIpc) is 3.32. The van der Waals surface area contributed by atoms with Crippen LogP contribution in [0.15, 0.2) is 40.9 Å². The molecule has 0 unspecified atom stereocenters. The van der Waals surface area contributed by atoms with Gasteiger partial charge >= 0.3 is 0 Å². The molecule has 8 nitrogen and oxygen atoms in total. The summed E-state index contributed by atoms with van der Waals surface area (Å²) in [5.74, 6) is 7.80. The van der Waals surface area contributed by atoms with Crippen LogP contribution in [-0.2, 0) is 4.79 Å². The van der Waals surface area contributed by atoms with Gasteiger partial charge in [-0.15, -0.1) is 21.5 Å². The van der Waals surface area contributed by atoms with E-state index in [2.05, 4.69) is 15.5 Å². The van der Waals surface area contributed by atoms with E-state index < -0.39 is 5.25 Å². The molecule has 140 valence electrons. The van der Waals surface area contributed by atoms with Crippen molar-refractivity contribution in [1.29, 1.82) is 0 Å². The molecular formula is C17H17N5O3S2. The Bertz CT molecular complexity index is 958. The zero-order valence-corrected chi connectivity index (χ0v) is 16.0. The first-order chi connectivity index (χ1) is 13.1. The van der Waals surface area contributed by atoms with Crippen LogP contribution in [0.1, 0.15) is 6.92 Å². The van der Waals surface area contributed by atoms with E-state index in [9.17, 15) is 4.79 Å². The summed E-state index contributed by atoms with van der Waals surface area (Å²) >= 11 is 2.77. The fraction of sp³-hybridized carbons (Fsp3) is 0.235. The second-order valence-corrected chi connectivity index (χ2v) is 8.02. The van der Waals surface area contributed by atoms with Gasteiger partial charge in [-0.3, -0.25) is 4.79 Å². The number of benzene rings is 1. The molecule has 1 amide bonds. The summed E-state index contributed by atoms with van der Waals surface area (Å²) in [5, 5.41) is 13.1. The summed E-state index contributed by atoms with van der Waals surface area (Å²) in [6.45, 7) is 2.81. The topological polar surface area (TPSA) is 104 Å². The maximum atomic E-state index is 12.5. The Morgan fingerprint density at radius 1 is 1.30 bits per heavy atom. The zero-order chi connectivity index (χ0) is 18.8. The van der Waals surface area contributed by atoms with E-state index in [0.717, 1.165) is 4.88 Å². The molecule has 10 heteroatoms. The number of nitrogens with two attached hydrogens (primary N) is 1. The molecule has 0 spiro atoms. The molecule has 3 aromatic rings. The highest BCUT2D eigenvalue weighted by Crippen LogP contribution is 2.33. The summed E-state index contributed by atoms with van der Waals surface area (Å²) < 4.78 is 12.4.